The Balaban J connectivity index is 0.00000128. The monoisotopic (exact) mass is 240 g/mol. The third-order valence-corrected chi connectivity index (χ3v) is 2.99. The molecule has 1 atom stereocenters. The topological polar surface area (TPSA) is 24.1 Å². The predicted molar refractivity (Wildman–Crippen MR) is 71.3 cm³/mol. The Kier molecular flexibility index (Phi) is 6.46. The van der Waals surface area contributed by atoms with Crippen molar-refractivity contribution in [1.29, 1.82) is 0 Å². The van der Waals surface area contributed by atoms with Crippen LogP contribution >= 0.6 is 12.4 Å². The second-order valence-electron chi connectivity index (χ2n) is 4.23. The van der Waals surface area contributed by atoms with E-state index in [2.05, 4.69) is 41.0 Å². The van der Waals surface area contributed by atoms with Crippen molar-refractivity contribution in [3.05, 3.63) is 35.9 Å². The largest absolute Gasteiger partial charge is 0.315 e. The minimum atomic E-state index is 0. The summed E-state index contributed by atoms with van der Waals surface area (Å²) in [6, 6.07) is 11.4. The third-order valence-electron chi connectivity index (χ3n) is 2.99. The number of piperidine rings is 1. The number of nitrogens with one attached hydrogen (secondary N) is 2. The first-order valence-electron chi connectivity index (χ1n) is 5.93. The van der Waals surface area contributed by atoms with E-state index in [9.17, 15) is 0 Å². The SMILES string of the molecule is Cl.c1ccc(CCNC2CCCNC2)cc1. The quantitative estimate of drug-likeness (QED) is 0.841. The van der Waals surface area contributed by atoms with E-state index in [0.717, 1.165) is 19.5 Å². The summed E-state index contributed by atoms with van der Waals surface area (Å²) < 4.78 is 0. The standard InChI is InChI=1S/C13H20N2.ClH/c1-2-5-12(6-3-1)8-10-15-13-7-4-9-14-11-13;/h1-3,5-6,13-15H,4,7-11H2;1H. The van der Waals surface area contributed by atoms with Crippen LogP contribution in [0.15, 0.2) is 30.3 Å². The van der Waals surface area contributed by atoms with Gasteiger partial charge in [-0.3, -0.25) is 0 Å². The van der Waals surface area contributed by atoms with E-state index in [1.807, 2.05) is 0 Å². The van der Waals surface area contributed by atoms with Gasteiger partial charge in [-0.1, -0.05) is 30.3 Å². The van der Waals surface area contributed by atoms with Crippen molar-refractivity contribution < 1.29 is 0 Å². The molecule has 0 spiro atoms. The lowest BCUT2D eigenvalue weighted by atomic mass is 10.1. The average Bonchev–Trinajstić information content (AvgIpc) is 2.32. The van der Waals surface area contributed by atoms with Gasteiger partial charge in [-0.05, 0) is 37.9 Å². The highest BCUT2D eigenvalue weighted by molar-refractivity contribution is 5.85. The Morgan fingerprint density at radius 1 is 1.25 bits per heavy atom. The van der Waals surface area contributed by atoms with Crippen LogP contribution < -0.4 is 10.6 Å². The molecule has 1 aromatic rings. The maximum Gasteiger partial charge on any atom is 0.0193 e. The molecule has 2 rings (SSSR count). The fraction of sp³-hybridized carbons (Fsp3) is 0.538. The van der Waals surface area contributed by atoms with E-state index in [-0.39, 0.29) is 12.4 Å². The van der Waals surface area contributed by atoms with E-state index >= 15 is 0 Å². The summed E-state index contributed by atoms with van der Waals surface area (Å²) in [6.07, 6.45) is 3.77. The summed E-state index contributed by atoms with van der Waals surface area (Å²) in [5, 5.41) is 7.03. The summed E-state index contributed by atoms with van der Waals surface area (Å²) in [4.78, 5) is 0. The smallest absolute Gasteiger partial charge is 0.0193 e. The van der Waals surface area contributed by atoms with Gasteiger partial charge >= 0.3 is 0 Å². The lowest BCUT2D eigenvalue weighted by Gasteiger charge is -2.23. The molecule has 3 heteroatoms. The van der Waals surface area contributed by atoms with Gasteiger partial charge in [-0.15, -0.1) is 12.4 Å². The van der Waals surface area contributed by atoms with Gasteiger partial charge in [0.25, 0.3) is 0 Å². The second-order valence-corrected chi connectivity index (χ2v) is 4.23. The van der Waals surface area contributed by atoms with E-state index < -0.39 is 0 Å². The Bertz CT molecular complexity index is 271. The average molecular weight is 241 g/mol. The van der Waals surface area contributed by atoms with Crippen molar-refractivity contribution in [3.8, 4) is 0 Å². The molecule has 1 aliphatic heterocycles. The first-order valence-corrected chi connectivity index (χ1v) is 5.93. The van der Waals surface area contributed by atoms with Gasteiger partial charge in [0.05, 0.1) is 0 Å². The van der Waals surface area contributed by atoms with Gasteiger partial charge in [-0.25, -0.2) is 0 Å². The highest BCUT2D eigenvalue weighted by Crippen LogP contribution is 2.02. The molecular formula is C13H21ClN2. The fourth-order valence-corrected chi connectivity index (χ4v) is 2.09. The van der Waals surface area contributed by atoms with Crippen molar-refractivity contribution in [1.82, 2.24) is 10.6 Å². The molecule has 2 nitrogen and oxygen atoms in total. The predicted octanol–water partition coefficient (Wildman–Crippen LogP) is 1.99. The van der Waals surface area contributed by atoms with Crippen LogP contribution in [0.1, 0.15) is 18.4 Å². The minimum Gasteiger partial charge on any atom is -0.315 e. The summed E-state index contributed by atoms with van der Waals surface area (Å²) in [5.41, 5.74) is 1.42. The molecular weight excluding hydrogens is 220 g/mol. The van der Waals surface area contributed by atoms with Crippen LogP contribution in [0.25, 0.3) is 0 Å². The normalized spacial score (nSPS) is 20.1. The molecule has 0 amide bonds. The van der Waals surface area contributed by atoms with Crippen LogP contribution in [0, 0.1) is 0 Å². The zero-order valence-corrected chi connectivity index (χ0v) is 10.4. The molecule has 16 heavy (non-hydrogen) atoms. The maximum atomic E-state index is 3.61. The van der Waals surface area contributed by atoms with E-state index in [1.165, 1.54) is 24.9 Å². The molecule has 1 heterocycles. The highest BCUT2D eigenvalue weighted by atomic mass is 35.5. The molecule has 90 valence electrons. The van der Waals surface area contributed by atoms with Crippen LogP contribution in [0.2, 0.25) is 0 Å². The van der Waals surface area contributed by atoms with Gasteiger partial charge < -0.3 is 10.6 Å². The van der Waals surface area contributed by atoms with E-state index in [0.29, 0.717) is 6.04 Å². The summed E-state index contributed by atoms with van der Waals surface area (Å²) in [5.74, 6) is 0. The number of hydrogen-bond donors (Lipinski definition) is 2. The van der Waals surface area contributed by atoms with Crippen LogP contribution in [0.4, 0.5) is 0 Å². The Morgan fingerprint density at radius 2 is 2.06 bits per heavy atom. The van der Waals surface area contributed by atoms with Gasteiger partial charge in [0.15, 0.2) is 0 Å². The van der Waals surface area contributed by atoms with Crippen molar-refractivity contribution >= 4 is 12.4 Å². The zero-order chi connectivity index (χ0) is 10.3. The summed E-state index contributed by atoms with van der Waals surface area (Å²) in [6.45, 7) is 3.42. The lowest BCUT2D eigenvalue weighted by molar-refractivity contribution is 0.392. The van der Waals surface area contributed by atoms with E-state index in [4.69, 9.17) is 0 Å². The Morgan fingerprint density at radius 3 is 2.75 bits per heavy atom. The van der Waals surface area contributed by atoms with Crippen molar-refractivity contribution in [3.63, 3.8) is 0 Å². The summed E-state index contributed by atoms with van der Waals surface area (Å²) in [7, 11) is 0. The number of rotatable bonds is 4. The number of benzene rings is 1. The van der Waals surface area contributed by atoms with Crippen molar-refractivity contribution in [2.45, 2.75) is 25.3 Å². The lowest BCUT2D eigenvalue weighted by Crippen LogP contribution is -2.43. The third kappa shape index (κ3) is 4.52. The molecule has 0 radical (unpaired) electrons. The molecule has 0 bridgehead atoms. The highest BCUT2D eigenvalue weighted by Gasteiger charge is 2.10. The fourth-order valence-electron chi connectivity index (χ4n) is 2.09. The van der Waals surface area contributed by atoms with Crippen LogP contribution in [0.5, 0.6) is 0 Å². The maximum absolute atomic E-state index is 3.61. The zero-order valence-electron chi connectivity index (χ0n) is 9.61. The first kappa shape index (κ1) is 13.5. The molecule has 1 fully saturated rings. The van der Waals surface area contributed by atoms with Crippen LogP contribution in [-0.2, 0) is 6.42 Å². The Labute approximate surface area is 104 Å². The molecule has 0 saturated carbocycles. The molecule has 0 aromatic heterocycles. The van der Waals surface area contributed by atoms with Gasteiger partial charge in [0.2, 0.25) is 0 Å². The molecule has 1 aliphatic rings. The minimum absolute atomic E-state index is 0. The molecule has 1 unspecified atom stereocenters. The number of halogens is 1. The first-order chi connectivity index (χ1) is 7.45. The van der Waals surface area contributed by atoms with Gasteiger partial charge in [0.1, 0.15) is 0 Å². The van der Waals surface area contributed by atoms with Gasteiger partial charge in [0, 0.05) is 12.6 Å². The molecule has 0 aliphatic carbocycles. The van der Waals surface area contributed by atoms with Gasteiger partial charge in [-0.2, -0.15) is 0 Å². The molecule has 2 N–H and O–H groups in total. The van der Waals surface area contributed by atoms with Crippen LogP contribution in [0.3, 0.4) is 0 Å². The Hall–Kier alpha value is -0.570. The number of hydrogen-bond acceptors (Lipinski definition) is 2. The van der Waals surface area contributed by atoms with E-state index in [1.54, 1.807) is 0 Å². The van der Waals surface area contributed by atoms with Crippen molar-refractivity contribution in [2.24, 2.45) is 0 Å². The van der Waals surface area contributed by atoms with Crippen molar-refractivity contribution in [2.75, 3.05) is 19.6 Å². The second kappa shape index (κ2) is 7.66. The molecule has 1 saturated heterocycles. The summed E-state index contributed by atoms with van der Waals surface area (Å²) >= 11 is 0. The van der Waals surface area contributed by atoms with Crippen LogP contribution in [-0.4, -0.2) is 25.7 Å². The molecule has 1 aromatic carbocycles.